The van der Waals surface area contributed by atoms with Gasteiger partial charge in [0.05, 0.1) is 12.8 Å². The van der Waals surface area contributed by atoms with Crippen LogP contribution in [0.25, 0.3) is 0 Å². The Morgan fingerprint density at radius 1 is 1.67 bits per heavy atom. The number of fused-ring (bicyclic) bond motifs is 3. The molecule has 2 aliphatic rings. The molecule has 2 aliphatic heterocycles. The lowest BCUT2D eigenvalue weighted by Crippen LogP contribution is -2.38. The molecule has 2 N–H and O–H groups in total. The molecule has 0 spiro atoms. The lowest BCUT2D eigenvalue weighted by atomic mass is 10.1. The van der Waals surface area contributed by atoms with E-state index in [0.717, 1.165) is 6.20 Å². The average Bonchev–Trinajstić information content (AvgIpc) is 2.87. The van der Waals surface area contributed by atoms with Gasteiger partial charge >= 0.3 is 12.0 Å². The molecule has 10 heteroatoms. The summed E-state index contributed by atoms with van der Waals surface area (Å²) < 4.78 is 30.7. The van der Waals surface area contributed by atoms with E-state index in [2.05, 4.69) is 4.98 Å². The molecule has 3 heterocycles. The van der Waals surface area contributed by atoms with Crippen LogP contribution < -0.4 is 10.2 Å². The summed E-state index contributed by atoms with van der Waals surface area (Å²) in [5.74, 6) is -1.36. The Hall–Kier alpha value is -1.71. The van der Waals surface area contributed by atoms with E-state index in [0.29, 0.717) is 0 Å². The molecule has 116 valence electrons. The average molecular weight is 322 g/mol. The SMILES string of the molecule is CC(=O)OC1C(CO)OC2C1Oc1nc(=N)c(F)cn12.Cl. The van der Waals surface area contributed by atoms with Crippen LogP contribution in [0.2, 0.25) is 0 Å². The predicted octanol–water partition coefficient (Wildman–Crippen LogP) is -0.494. The molecule has 0 bridgehead atoms. The highest BCUT2D eigenvalue weighted by molar-refractivity contribution is 5.85. The van der Waals surface area contributed by atoms with Gasteiger partial charge < -0.3 is 19.3 Å². The number of halogens is 2. The van der Waals surface area contributed by atoms with Gasteiger partial charge in [0.1, 0.15) is 6.10 Å². The largest absolute Gasteiger partial charge is 0.456 e. The van der Waals surface area contributed by atoms with Crippen molar-refractivity contribution in [1.82, 2.24) is 9.55 Å². The molecule has 8 nitrogen and oxygen atoms in total. The molecular formula is C11H13ClFN3O5. The van der Waals surface area contributed by atoms with Crippen molar-refractivity contribution >= 4 is 18.4 Å². The number of hydrogen-bond donors (Lipinski definition) is 2. The number of rotatable bonds is 2. The second-order valence-corrected chi connectivity index (χ2v) is 4.53. The van der Waals surface area contributed by atoms with Crippen molar-refractivity contribution < 1.29 is 28.5 Å². The predicted molar refractivity (Wildman–Crippen MR) is 66.3 cm³/mol. The van der Waals surface area contributed by atoms with Crippen molar-refractivity contribution in [2.45, 2.75) is 31.5 Å². The molecule has 4 atom stereocenters. The molecular weight excluding hydrogens is 309 g/mol. The molecule has 0 aromatic carbocycles. The van der Waals surface area contributed by atoms with Gasteiger partial charge in [-0.1, -0.05) is 0 Å². The van der Waals surface area contributed by atoms with Crippen molar-refractivity contribution in [3.63, 3.8) is 0 Å². The zero-order chi connectivity index (χ0) is 14.4. The van der Waals surface area contributed by atoms with E-state index in [1.54, 1.807) is 0 Å². The van der Waals surface area contributed by atoms with Gasteiger partial charge in [-0.3, -0.25) is 14.8 Å². The van der Waals surface area contributed by atoms with E-state index >= 15 is 0 Å². The first kappa shape index (κ1) is 15.7. The molecule has 0 radical (unpaired) electrons. The summed E-state index contributed by atoms with van der Waals surface area (Å²) in [6, 6.07) is 0.0138. The van der Waals surface area contributed by atoms with Gasteiger partial charge in [0.2, 0.25) is 0 Å². The van der Waals surface area contributed by atoms with E-state index in [1.165, 1.54) is 11.5 Å². The van der Waals surface area contributed by atoms with Crippen LogP contribution in [0, 0.1) is 11.2 Å². The summed E-state index contributed by atoms with van der Waals surface area (Å²) in [5.41, 5.74) is -0.543. The quantitative estimate of drug-likeness (QED) is 0.712. The fourth-order valence-electron chi connectivity index (χ4n) is 2.37. The standard InChI is InChI=1S/C11H12FN3O5.ClH/c1-4(17)18-7-6(3-16)19-10-8(7)20-11-14-9(13)5(12)2-15(10)11;/h2,6-8,10,13,16H,3H2,1H3;1H. The highest BCUT2D eigenvalue weighted by Crippen LogP contribution is 2.40. The van der Waals surface area contributed by atoms with Gasteiger partial charge in [0.25, 0.3) is 0 Å². The minimum atomic E-state index is -0.821. The normalized spacial score (nSPS) is 29.1. The monoisotopic (exact) mass is 321 g/mol. The third kappa shape index (κ3) is 2.47. The van der Waals surface area contributed by atoms with Gasteiger partial charge in [0, 0.05) is 6.92 Å². The van der Waals surface area contributed by atoms with Crippen LogP contribution in [0.3, 0.4) is 0 Å². The van der Waals surface area contributed by atoms with Crippen molar-refractivity contribution in [2.24, 2.45) is 0 Å². The number of carbonyl (C=O) groups is 1. The Bertz CT molecular complexity index is 624. The number of esters is 1. The number of nitrogens with zero attached hydrogens (tertiary/aromatic N) is 2. The van der Waals surface area contributed by atoms with Gasteiger partial charge in [-0.15, -0.1) is 12.4 Å². The van der Waals surface area contributed by atoms with Crippen LogP contribution in [-0.4, -0.2) is 45.5 Å². The highest BCUT2D eigenvalue weighted by atomic mass is 35.5. The fraction of sp³-hybridized carbons (Fsp3) is 0.545. The van der Waals surface area contributed by atoms with Gasteiger partial charge in [-0.05, 0) is 0 Å². The molecule has 0 aliphatic carbocycles. The summed E-state index contributed by atoms with van der Waals surface area (Å²) in [6.07, 6.45) is -2.02. The molecule has 3 rings (SSSR count). The maximum Gasteiger partial charge on any atom is 0.303 e. The topological polar surface area (TPSA) is 107 Å². The lowest BCUT2D eigenvalue weighted by Gasteiger charge is -2.19. The number of aliphatic hydroxyl groups excluding tert-OH is 1. The van der Waals surface area contributed by atoms with Gasteiger partial charge in [0.15, 0.2) is 29.7 Å². The third-order valence-electron chi connectivity index (χ3n) is 3.19. The minimum Gasteiger partial charge on any atom is -0.456 e. The number of carbonyl (C=O) groups excluding carboxylic acids is 1. The molecule has 1 aromatic heterocycles. The Morgan fingerprint density at radius 3 is 3.00 bits per heavy atom. The zero-order valence-corrected chi connectivity index (χ0v) is 11.7. The van der Waals surface area contributed by atoms with Gasteiger partial charge in [-0.2, -0.15) is 4.98 Å². The van der Waals surface area contributed by atoms with E-state index in [9.17, 15) is 14.3 Å². The number of ether oxygens (including phenoxy) is 3. The highest BCUT2D eigenvalue weighted by Gasteiger charge is 2.53. The van der Waals surface area contributed by atoms with Crippen LogP contribution in [0.5, 0.6) is 6.01 Å². The lowest BCUT2D eigenvalue weighted by molar-refractivity contribution is -0.153. The second kappa shape index (κ2) is 5.58. The van der Waals surface area contributed by atoms with Crippen LogP contribution >= 0.6 is 12.4 Å². The number of aromatic nitrogens is 2. The summed E-state index contributed by atoms with van der Waals surface area (Å²) in [5, 5.41) is 16.5. The van der Waals surface area contributed by atoms with Crippen molar-refractivity contribution in [3.8, 4) is 6.01 Å². The third-order valence-corrected chi connectivity index (χ3v) is 3.19. The fourth-order valence-corrected chi connectivity index (χ4v) is 2.37. The number of hydrogen-bond acceptors (Lipinski definition) is 7. The van der Waals surface area contributed by atoms with Crippen molar-refractivity contribution in [2.75, 3.05) is 6.61 Å². The van der Waals surface area contributed by atoms with E-state index in [-0.39, 0.29) is 25.0 Å². The van der Waals surface area contributed by atoms with Crippen LogP contribution in [0.1, 0.15) is 13.2 Å². The molecule has 21 heavy (non-hydrogen) atoms. The molecule has 0 saturated carbocycles. The summed E-state index contributed by atoms with van der Waals surface area (Å²) in [6.45, 7) is 0.869. The van der Waals surface area contributed by atoms with Crippen LogP contribution in [0.15, 0.2) is 6.20 Å². The summed E-state index contributed by atoms with van der Waals surface area (Å²) in [7, 11) is 0. The van der Waals surface area contributed by atoms with Crippen molar-refractivity contribution in [1.29, 1.82) is 5.41 Å². The molecule has 0 amide bonds. The zero-order valence-electron chi connectivity index (χ0n) is 10.9. The first-order valence-electron chi connectivity index (χ1n) is 5.94. The summed E-state index contributed by atoms with van der Waals surface area (Å²) in [4.78, 5) is 14.8. The van der Waals surface area contributed by atoms with Crippen LogP contribution in [-0.2, 0) is 14.3 Å². The van der Waals surface area contributed by atoms with Crippen molar-refractivity contribution in [3.05, 3.63) is 17.5 Å². The number of nitrogens with one attached hydrogen (secondary N) is 1. The second-order valence-electron chi connectivity index (χ2n) is 4.53. The Labute approximate surface area is 124 Å². The molecule has 1 aromatic rings. The maximum atomic E-state index is 13.4. The summed E-state index contributed by atoms with van der Waals surface area (Å²) >= 11 is 0. The molecule has 1 saturated heterocycles. The Balaban J connectivity index is 0.00000161. The van der Waals surface area contributed by atoms with E-state index < -0.39 is 41.8 Å². The smallest absolute Gasteiger partial charge is 0.303 e. The first-order chi connectivity index (χ1) is 9.51. The minimum absolute atomic E-state index is 0. The van der Waals surface area contributed by atoms with E-state index in [1.807, 2.05) is 0 Å². The van der Waals surface area contributed by atoms with Crippen LogP contribution in [0.4, 0.5) is 4.39 Å². The van der Waals surface area contributed by atoms with Gasteiger partial charge in [-0.25, -0.2) is 4.39 Å². The molecule has 1 fully saturated rings. The maximum absolute atomic E-state index is 13.4. The Kier molecular flexibility index (Phi) is 4.17. The first-order valence-corrected chi connectivity index (χ1v) is 5.94. The molecule has 4 unspecified atom stereocenters. The number of aliphatic hydroxyl groups is 1. The Morgan fingerprint density at radius 2 is 2.38 bits per heavy atom. The van der Waals surface area contributed by atoms with E-state index in [4.69, 9.17) is 19.6 Å².